The Labute approximate surface area is 147 Å². The Bertz CT molecular complexity index is 298. The predicted octanol–water partition coefficient (Wildman–Crippen LogP) is 6.53. The third-order valence-corrected chi connectivity index (χ3v) is 6.23. The number of hydrogen-bond donors (Lipinski definition) is 1. The standard InChI is InChI=1S/C22H45N/c1-8-10-11-20(19(7)23-12-9-2)14-17(5)15-22-18(6)21(22)13-16(3)4/h16-23H,8-15H2,1-7H3. The molecular weight excluding hydrogens is 278 g/mol. The van der Waals surface area contributed by atoms with Gasteiger partial charge >= 0.3 is 0 Å². The maximum atomic E-state index is 3.76. The Balaban J connectivity index is 2.41. The van der Waals surface area contributed by atoms with E-state index in [4.69, 9.17) is 0 Å². The molecule has 6 unspecified atom stereocenters. The first-order valence-electron chi connectivity index (χ1n) is 10.6. The van der Waals surface area contributed by atoms with E-state index in [1.165, 1.54) is 51.5 Å². The van der Waals surface area contributed by atoms with Crippen LogP contribution in [-0.2, 0) is 0 Å². The molecule has 0 spiro atoms. The van der Waals surface area contributed by atoms with Crippen LogP contribution in [0, 0.1) is 35.5 Å². The van der Waals surface area contributed by atoms with Crippen molar-refractivity contribution in [3.63, 3.8) is 0 Å². The van der Waals surface area contributed by atoms with Crippen molar-refractivity contribution in [1.29, 1.82) is 0 Å². The summed E-state index contributed by atoms with van der Waals surface area (Å²) in [5.74, 6) is 5.68. The maximum absolute atomic E-state index is 3.76. The van der Waals surface area contributed by atoms with Crippen LogP contribution in [0.5, 0.6) is 0 Å². The fraction of sp³-hybridized carbons (Fsp3) is 1.00. The second kappa shape index (κ2) is 10.7. The summed E-state index contributed by atoms with van der Waals surface area (Å²) < 4.78 is 0. The van der Waals surface area contributed by atoms with Gasteiger partial charge < -0.3 is 5.32 Å². The van der Waals surface area contributed by atoms with Gasteiger partial charge in [0, 0.05) is 6.04 Å². The molecule has 138 valence electrons. The lowest BCUT2D eigenvalue weighted by Crippen LogP contribution is -2.35. The molecule has 1 nitrogen and oxygen atoms in total. The van der Waals surface area contributed by atoms with E-state index in [1.54, 1.807) is 0 Å². The number of hydrogen-bond acceptors (Lipinski definition) is 1. The van der Waals surface area contributed by atoms with Gasteiger partial charge in [0.2, 0.25) is 0 Å². The maximum Gasteiger partial charge on any atom is 0.00670 e. The molecule has 1 saturated carbocycles. The van der Waals surface area contributed by atoms with Crippen LogP contribution in [0.1, 0.15) is 93.4 Å². The molecule has 0 aromatic rings. The molecular formula is C22H45N. The zero-order chi connectivity index (χ0) is 17.4. The van der Waals surface area contributed by atoms with Gasteiger partial charge in [-0.1, -0.05) is 54.4 Å². The summed E-state index contributed by atoms with van der Waals surface area (Å²) in [6.45, 7) is 18.0. The Morgan fingerprint density at radius 1 is 0.913 bits per heavy atom. The molecule has 0 aliphatic heterocycles. The van der Waals surface area contributed by atoms with Gasteiger partial charge in [0.25, 0.3) is 0 Å². The molecule has 1 fully saturated rings. The molecule has 23 heavy (non-hydrogen) atoms. The molecule has 0 aromatic heterocycles. The third-order valence-electron chi connectivity index (χ3n) is 6.23. The highest BCUT2D eigenvalue weighted by atomic mass is 14.9. The van der Waals surface area contributed by atoms with Gasteiger partial charge in [0.1, 0.15) is 0 Å². The lowest BCUT2D eigenvalue weighted by atomic mass is 9.84. The lowest BCUT2D eigenvalue weighted by molar-refractivity contribution is 0.271. The molecule has 1 aliphatic rings. The predicted molar refractivity (Wildman–Crippen MR) is 105 cm³/mol. The van der Waals surface area contributed by atoms with Crippen molar-refractivity contribution in [3.05, 3.63) is 0 Å². The van der Waals surface area contributed by atoms with E-state index < -0.39 is 0 Å². The van der Waals surface area contributed by atoms with E-state index in [2.05, 4.69) is 53.8 Å². The van der Waals surface area contributed by atoms with Crippen LogP contribution in [0.25, 0.3) is 0 Å². The van der Waals surface area contributed by atoms with Gasteiger partial charge in [-0.3, -0.25) is 0 Å². The summed E-state index contributed by atoms with van der Waals surface area (Å²) in [6.07, 6.45) is 9.74. The van der Waals surface area contributed by atoms with Gasteiger partial charge in [-0.15, -0.1) is 0 Å². The quantitative estimate of drug-likeness (QED) is 0.406. The largest absolute Gasteiger partial charge is 0.314 e. The van der Waals surface area contributed by atoms with Gasteiger partial charge in [0.05, 0.1) is 0 Å². The highest BCUT2D eigenvalue weighted by Gasteiger charge is 2.46. The third kappa shape index (κ3) is 7.59. The van der Waals surface area contributed by atoms with Crippen LogP contribution in [0.3, 0.4) is 0 Å². The van der Waals surface area contributed by atoms with E-state index in [1.807, 2.05) is 0 Å². The SMILES string of the molecule is CCCCC(CC(C)CC1C(C)C1CC(C)C)C(C)NCCC. The minimum Gasteiger partial charge on any atom is -0.314 e. The number of unbranched alkanes of at least 4 members (excludes halogenated alkanes) is 1. The topological polar surface area (TPSA) is 12.0 Å². The highest BCUT2D eigenvalue weighted by molar-refractivity contribution is 4.95. The first-order valence-corrected chi connectivity index (χ1v) is 10.6. The molecule has 0 saturated heterocycles. The smallest absolute Gasteiger partial charge is 0.00670 e. The first-order chi connectivity index (χ1) is 10.9. The van der Waals surface area contributed by atoms with Crippen LogP contribution in [0.2, 0.25) is 0 Å². The van der Waals surface area contributed by atoms with Gasteiger partial charge in [0.15, 0.2) is 0 Å². The molecule has 1 aliphatic carbocycles. The van der Waals surface area contributed by atoms with Crippen molar-refractivity contribution in [3.8, 4) is 0 Å². The van der Waals surface area contributed by atoms with Crippen LogP contribution >= 0.6 is 0 Å². The average molecular weight is 324 g/mol. The Kier molecular flexibility index (Phi) is 9.82. The van der Waals surface area contributed by atoms with E-state index in [0.29, 0.717) is 6.04 Å². The highest BCUT2D eigenvalue weighted by Crippen LogP contribution is 2.53. The van der Waals surface area contributed by atoms with Crippen LogP contribution in [0.15, 0.2) is 0 Å². The molecule has 1 N–H and O–H groups in total. The lowest BCUT2D eigenvalue weighted by Gasteiger charge is -2.28. The monoisotopic (exact) mass is 323 g/mol. The molecule has 0 radical (unpaired) electrons. The van der Waals surface area contributed by atoms with Gasteiger partial charge in [-0.2, -0.15) is 0 Å². The van der Waals surface area contributed by atoms with Crippen LogP contribution < -0.4 is 5.32 Å². The summed E-state index contributed by atoms with van der Waals surface area (Å²) >= 11 is 0. The van der Waals surface area contributed by atoms with Crippen molar-refractivity contribution in [2.45, 2.75) is 99.5 Å². The summed E-state index contributed by atoms with van der Waals surface area (Å²) in [5, 5.41) is 3.76. The minimum atomic E-state index is 0.687. The normalized spacial score (nSPS) is 27.9. The van der Waals surface area contributed by atoms with Crippen molar-refractivity contribution < 1.29 is 0 Å². The summed E-state index contributed by atoms with van der Waals surface area (Å²) in [7, 11) is 0. The number of rotatable bonds is 13. The van der Waals surface area contributed by atoms with Gasteiger partial charge in [-0.05, 0) is 81.1 Å². The summed E-state index contributed by atoms with van der Waals surface area (Å²) in [4.78, 5) is 0. The van der Waals surface area contributed by atoms with E-state index in [-0.39, 0.29) is 0 Å². The second-order valence-electron chi connectivity index (χ2n) is 9.04. The minimum absolute atomic E-state index is 0.687. The molecule has 0 heterocycles. The first kappa shape index (κ1) is 21.0. The van der Waals surface area contributed by atoms with E-state index in [0.717, 1.165) is 35.5 Å². The molecule has 0 bridgehead atoms. The average Bonchev–Trinajstić information content (AvgIpc) is 3.08. The zero-order valence-electron chi connectivity index (χ0n) is 17.2. The van der Waals surface area contributed by atoms with Crippen LogP contribution in [0.4, 0.5) is 0 Å². The van der Waals surface area contributed by atoms with Crippen molar-refractivity contribution in [2.75, 3.05) is 6.54 Å². The molecule has 1 rings (SSSR count). The fourth-order valence-electron chi connectivity index (χ4n) is 4.61. The van der Waals surface area contributed by atoms with Crippen molar-refractivity contribution >= 4 is 0 Å². The summed E-state index contributed by atoms with van der Waals surface area (Å²) in [5.41, 5.74) is 0. The van der Waals surface area contributed by atoms with Gasteiger partial charge in [-0.25, -0.2) is 0 Å². The molecule has 0 amide bonds. The Morgan fingerprint density at radius 2 is 1.57 bits per heavy atom. The molecule has 6 atom stereocenters. The fourth-order valence-corrected chi connectivity index (χ4v) is 4.61. The van der Waals surface area contributed by atoms with E-state index >= 15 is 0 Å². The zero-order valence-corrected chi connectivity index (χ0v) is 17.2. The van der Waals surface area contributed by atoms with E-state index in [9.17, 15) is 0 Å². The van der Waals surface area contributed by atoms with Crippen molar-refractivity contribution in [1.82, 2.24) is 5.32 Å². The Hall–Kier alpha value is -0.0400. The number of nitrogens with one attached hydrogen (secondary N) is 1. The summed E-state index contributed by atoms with van der Waals surface area (Å²) in [6, 6.07) is 0.687. The second-order valence-corrected chi connectivity index (χ2v) is 9.04. The molecule has 0 aromatic carbocycles. The van der Waals surface area contributed by atoms with Crippen LogP contribution in [-0.4, -0.2) is 12.6 Å². The molecule has 1 heteroatoms. The van der Waals surface area contributed by atoms with Crippen molar-refractivity contribution in [2.24, 2.45) is 35.5 Å². The Morgan fingerprint density at radius 3 is 2.13 bits per heavy atom.